The first kappa shape index (κ1) is 13.4. The summed E-state index contributed by atoms with van der Waals surface area (Å²) in [7, 11) is 2.06. The molecule has 0 aliphatic carbocycles. The Hall–Kier alpha value is -1.59. The van der Waals surface area contributed by atoms with Gasteiger partial charge in [0, 0.05) is 26.7 Å². The van der Waals surface area contributed by atoms with Crippen molar-refractivity contribution in [3.8, 4) is 0 Å². The molecule has 1 aliphatic heterocycles. The molecule has 1 fully saturated rings. The Labute approximate surface area is 119 Å². The summed E-state index contributed by atoms with van der Waals surface area (Å²) in [6.45, 7) is 5.95. The monoisotopic (exact) mass is 274 g/mol. The molecule has 0 bridgehead atoms. The molecule has 3 rings (SSSR count). The molecule has 0 atom stereocenters. The van der Waals surface area contributed by atoms with E-state index in [0.717, 1.165) is 57.3 Å². The lowest BCUT2D eigenvalue weighted by molar-refractivity contribution is 0.0378. The van der Waals surface area contributed by atoms with Crippen LogP contribution in [-0.4, -0.2) is 53.8 Å². The lowest BCUT2D eigenvalue weighted by Crippen LogP contribution is -2.37. The maximum atomic E-state index is 5.35. The molecule has 20 heavy (non-hydrogen) atoms. The first-order valence-corrected chi connectivity index (χ1v) is 7.30. The third-order valence-electron chi connectivity index (χ3n) is 3.83. The highest BCUT2D eigenvalue weighted by molar-refractivity contribution is 5.78. The quantitative estimate of drug-likeness (QED) is 0.843. The lowest BCUT2D eigenvalue weighted by Gasteiger charge is -2.26. The van der Waals surface area contributed by atoms with Gasteiger partial charge in [-0.25, -0.2) is 4.98 Å². The number of nitrogens with zero attached hydrogens (tertiary/aromatic N) is 3. The van der Waals surface area contributed by atoms with E-state index >= 15 is 0 Å². The number of nitrogens with one attached hydrogen (secondary N) is 1. The summed E-state index contributed by atoms with van der Waals surface area (Å²) in [4.78, 5) is 7.07. The second-order valence-corrected chi connectivity index (χ2v) is 5.22. The number of hydrogen-bond acceptors (Lipinski definition) is 4. The van der Waals surface area contributed by atoms with Gasteiger partial charge >= 0.3 is 0 Å². The molecule has 5 nitrogen and oxygen atoms in total. The number of morpholine rings is 1. The molecular weight excluding hydrogens is 252 g/mol. The average molecular weight is 274 g/mol. The fraction of sp³-hybridized carbons (Fsp3) is 0.533. The summed E-state index contributed by atoms with van der Waals surface area (Å²) in [6.07, 6.45) is 1.13. The van der Waals surface area contributed by atoms with Crippen molar-refractivity contribution < 1.29 is 4.74 Å². The highest BCUT2D eigenvalue weighted by atomic mass is 16.5. The van der Waals surface area contributed by atoms with Crippen molar-refractivity contribution >= 4 is 17.0 Å². The predicted octanol–water partition coefficient (Wildman–Crippen LogP) is 1.71. The Balaban J connectivity index is 1.51. The Kier molecular flexibility index (Phi) is 4.18. The van der Waals surface area contributed by atoms with Gasteiger partial charge in [-0.15, -0.1) is 0 Å². The SMILES string of the molecule is Cn1c(NCCCN2CCOCC2)nc2ccccc21. The van der Waals surface area contributed by atoms with Gasteiger partial charge in [-0.3, -0.25) is 4.90 Å². The smallest absolute Gasteiger partial charge is 0.203 e. The second kappa shape index (κ2) is 6.24. The number of aryl methyl sites for hydroxylation is 1. The molecule has 0 amide bonds. The first-order chi connectivity index (χ1) is 9.84. The van der Waals surface area contributed by atoms with Crippen LogP contribution in [0.4, 0.5) is 5.95 Å². The Bertz CT molecular complexity index is 560. The van der Waals surface area contributed by atoms with E-state index in [1.54, 1.807) is 0 Å². The fourth-order valence-corrected chi connectivity index (χ4v) is 2.63. The molecule has 1 aliphatic rings. The van der Waals surface area contributed by atoms with E-state index in [1.807, 2.05) is 18.2 Å². The zero-order valence-corrected chi connectivity index (χ0v) is 12.0. The maximum Gasteiger partial charge on any atom is 0.203 e. The minimum absolute atomic E-state index is 0.873. The predicted molar refractivity (Wildman–Crippen MR) is 81.1 cm³/mol. The normalized spacial score (nSPS) is 16.6. The molecular formula is C15H22N4O. The van der Waals surface area contributed by atoms with E-state index in [4.69, 9.17) is 4.74 Å². The van der Waals surface area contributed by atoms with E-state index < -0.39 is 0 Å². The summed E-state index contributed by atoms with van der Waals surface area (Å²) >= 11 is 0. The van der Waals surface area contributed by atoms with Crippen molar-refractivity contribution in [2.75, 3.05) is 44.7 Å². The number of aromatic nitrogens is 2. The highest BCUT2D eigenvalue weighted by Crippen LogP contribution is 2.17. The zero-order valence-electron chi connectivity index (χ0n) is 12.0. The fourth-order valence-electron chi connectivity index (χ4n) is 2.63. The van der Waals surface area contributed by atoms with Crippen molar-refractivity contribution in [3.05, 3.63) is 24.3 Å². The van der Waals surface area contributed by atoms with Gasteiger partial charge in [0.05, 0.1) is 24.2 Å². The molecule has 5 heteroatoms. The van der Waals surface area contributed by atoms with Crippen molar-refractivity contribution in [1.82, 2.24) is 14.5 Å². The van der Waals surface area contributed by atoms with Gasteiger partial charge in [-0.05, 0) is 25.1 Å². The number of benzene rings is 1. The second-order valence-electron chi connectivity index (χ2n) is 5.22. The van der Waals surface area contributed by atoms with Crippen molar-refractivity contribution in [2.45, 2.75) is 6.42 Å². The van der Waals surface area contributed by atoms with Gasteiger partial charge in [0.1, 0.15) is 0 Å². The van der Waals surface area contributed by atoms with Crippen LogP contribution in [0.15, 0.2) is 24.3 Å². The van der Waals surface area contributed by atoms with E-state index in [2.05, 4.69) is 32.9 Å². The number of ether oxygens (including phenoxy) is 1. The van der Waals surface area contributed by atoms with Gasteiger partial charge in [0.15, 0.2) is 0 Å². The summed E-state index contributed by atoms with van der Waals surface area (Å²) in [5, 5.41) is 3.44. The molecule has 1 aromatic heterocycles. The van der Waals surface area contributed by atoms with Crippen molar-refractivity contribution in [2.24, 2.45) is 7.05 Å². The lowest BCUT2D eigenvalue weighted by atomic mass is 10.3. The largest absolute Gasteiger partial charge is 0.379 e. The Morgan fingerprint density at radius 3 is 2.85 bits per heavy atom. The zero-order chi connectivity index (χ0) is 13.8. The molecule has 2 aromatic rings. The van der Waals surface area contributed by atoms with Gasteiger partial charge in [-0.1, -0.05) is 12.1 Å². The maximum absolute atomic E-state index is 5.35. The molecule has 0 unspecified atom stereocenters. The average Bonchev–Trinajstić information content (AvgIpc) is 2.82. The number of para-hydroxylation sites is 2. The Morgan fingerprint density at radius 1 is 1.25 bits per heavy atom. The Morgan fingerprint density at radius 2 is 2.05 bits per heavy atom. The molecule has 1 aromatic carbocycles. The molecule has 0 saturated carbocycles. The van der Waals surface area contributed by atoms with Crippen molar-refractivity contribution in [3.63, 3.8) is 0 Å². The van der Waals surface area contributed by atoms with E-state index in [-0.39, 0.29) is 0 Å². The van der Waals surface area contributed by atoms with Crippen LogP contribution in [0.1, 0.15) is 6.42 Å². The molecule has 0 radical (unpaired) electrons. The summed E-state index contributed by atoms with van der Waals surface area (Å²) in [6, 6.07) is 8.22. The standard InChI is InChI=1S/C15H22N4O/c1-18-14-6-3-2-5-13(14)17-15(18)16-7-4-8-19-9-11-20-12-10-19/h2-3,5-6H,4,7-12H2,1H3,(H,16,17). The van der Waals surface area contributed by atoms with Gasteiger partial charge in [0.25, 0.3) is 0 Å². The van der Waals surface area contributed by atoms with Crippen LogP contribution in [0.25, 0.3) is 11.0 Å². The van der Waals surface area contributed by atoms with Crippen LogP contribution in [0.5, 0.6) is 0 Å². The van der Waals surface area contributed by atoms with Crippen molar-refractivity contribution in [1.29, 1.82) is 0 Å². The third-order valence-corrected chi connectivity index (χ3v) is 3.83. The first-order valence-electron chi connectivity index (χ1n) is 7.30. The number of hydrogen-bond donors (Lipinski definition) is 1. The molecule has 0 spiro atoms. The summed E-state index contributed by atoms with van der Waals surface area (Å²) in [5.41, 5.74) is 2.22. The molecule has 1 saturated heterocycles. The molecule has 1 N–H and O–H groups in total. The number of rotatable bonds is 5. The number of anilines is 1. The van der Waals surface area contributed by atoms with E-state index in [1.165, 1.54) is 5.52 Å². The van der Waals surface area contributed by atoms with Crippen LogP contribution in [0.3, 0.4) is 0 Å². The summed E-state index contributed by atoms with van der Waals surface area (Å²) < 4.78 is 7.47. The van der Waals surface area contributed by atoms with Gasteiger partial charge in [-0.2, -0.15) is 0 Å². The minimum atomic E-state index is 0.873. The van der Waals surface area contributed by atoms with Gasteiger partial charge in [0.2, 0.25) is 5.95 Å². The van der Waals surface area contributed by atoms with E-state index in [9.17, 15) is 0 Å². The number of fused-ring (bicyclic) bond motifs is 1. The van der Waals surface area contributed by atoms with Crippen LogP contribution in [0.2, 0.25) is 0 Å². The highest BCUT2D eigenvalue weighted by Gasteiger charge is 2.10. The third kappa shape index (κ3) is 2.94. The van der Waals surface area contributed by atoms with Crippen LogP contribution in [-0.2, 0) is 11.8 Å². The van der Waals surface area contributed by atoms with Crippen LogP contribution < -0.4 is 5.32 Å². The minimum Gasteiger partial charge on any atom is -0.379 e. The van der Waals surface area contributed by atoms with Crippen LogP contribution >= 0.6 is 0 Å². The molecule has 2 heterocycles. The molecule has 108 valence electrons. The van der Waals surface area contributed by atoms with Crippen LogP contribution in [0, 0.1) is 0 Å². The van der Waals surface area contributed by atoms with Gasteiger partial charge < -0.3 is 14.6 Å². The number of imidazole rings is 1. The topological polar surface area (TPSA) is 42.3 Å². The summed E-state index contributed by atoms with van der Waals surface area (Å²) in [5.74, 6) is 0.952. The van der Waals surface area contributed by atoms with E-state index in [0.29, 0.717) is 0 Å².